The van der Waals surface area contributed by atoms with Crippen LogP contribution in [0.4, 0.5) is 11.8 Å². The number of hydrogen-bond donors (Lipinski definition) is 5. The van der Waals surface area contributed by atoms with Gasteiger partial charge in [0.2, 0.25) is 11.7 Å². The van der Waals surface area contributed by atoms with Crippen molar-refractivity contribution in [3.05, 3.63) is 84.0 Å². The monoisotopic (exact) mass is 1660 g/mol. The fourth-order valence-electron chi connectivity index (χ4n) is 16.5. The van der Waals surface area contributed by atoms with Crippen molar-refractivity contribution < 1.29 is 90.8 Å². The van der Waals surface area contributed by atoms with Crippen molar-refractivity contribution in [3.63, 3.8) is 0 Å². The Kier molecular flexibility index (Phi) is 37.9. The number of Topliss-reactive ketones (excluding diaryl/α,β-unsaturated/α-hetero) is 4. The van der Waals surface area contributed by atoms with Gasteiger partial charge in [-0.2, -0.15) is 10.1 Å². The van der Waals surface area contributed by atoms with Crippen molar-refractivity contribution in [2.24, 2.45) is 35.5 Å². The summed E-state index contributed by atoms with van der Waals surface area (Å²) in [6, 6.07) is 4.41. The predicted molar refractivity (Wildman–Crippen MR) is 446 cm³/mol. The Labute approximate surface area is 699 Å². The number of nitrogens with two attached hydrogens (primary N) is 2. The number of ether oxygens (including phenoxy) is 9. The van der Waals surface area contributed by atoms with E-state index in [1.807, 2.05) is 81.1 Å². The van der Waals surface area contributed by atoms with Gasteiger partial charge >= 0.3 is 5.97 Å². The number of ketones is 4. The number of aliphatic hydroxyl groups excluding tert-OH is 1. The quantitative estimate of drug-likeness (QED) is 0.0108. The molecule has 2 bridgehead atoms. The highest BCUT2D eigenvalue weighted by atomic mass is 16.6. The maximum atomic E-state index is 14.8. The zero-order chi connectivity index (χ0) is 85.5. The summed E-state index contributed by atoms with van der Waals surface area (Å²) in [5.41, 5.74) is 17.4. The number of aryl methyl sites for hydroxylation is 2. The molecule has 15 atom stereocenters. The third-order valence-corrected chi connectivity index (χ3v) is 23.6. The summed E-state index contributed by atoms with van der Waals surface area (Å²) < 4.78 is 62.9. The first-order valence-electron chi connectivity index (χ1n) is 42.9. The summed E-state index contributed by atoms with van der Waals surface area (Å²) >= 11 is 0. The van der Waals surface area contributed by atoms with E-state index in [2.05, 4.69) is 30.6 Å². The van der Waals surface area contributed by atoms with Crippen LogP contribution in [-0.4, -0.2) is 231 Å². The third kappa shape index (κ3) is 27.8. The summed E-state index contributed by atoms with van der Waals surface area (Å²) in [5.74, 6) is -7.76. The van der Waals surface area contributed by atoms with Crippen LogP contribution >= 0.6 is 0 Å². The van der Waals surface area contributed by atoms with Crippen LogP contribution < -0.4 is 16.8 Å². The average molecular weight is 1660 g/mol. The average Bonchev–Trinajstić information content (AvgIpc) is 1.73. The van der Waals surface area contributed by atoms with Gasteiger partial charge in [-0.15, -0.1) is 5.10 Å². The summed E-state index contributed by atoms with van der Waals surface area (Å²) in [5, 5.41) is 40.8. The first-order chi connectivity index (χ1) is 57.3. The van der Waals surface area contributed by atoms with Gasteiger partial charge < -0.3 is 78.9 Å². The standard InChI is InChI=1S/C88H130N12O19/c1-56-23-13-11-14-24-57(2)73(110-8)52-67-33-30-62(7)88(109,119-67)82(106)85(107)99-37-21-18-28-69(99)86(108)117-74(53-70(102)58(3)48-61(6)80(105)81(112-10)79(104)60(5)47-56)59(4)49-63-31-34-72(75(50-63)111-9)116-40-22-19-25-65-54-98(97-95-65)39-42-114-44-46-115-45-43-113-41-36-91-76(103)29-17-16-27-66(101)26-15-12-20-38-100-84-77(83(89)92-55-93-84)78(96-100)64-32-35-71-68(51-64)94-87(90)118-71/h11,13-14,23-24,32,35,48,51,54-56,58-60,62-63,67,69,72-75,80-81,105,109H,12,15-22,25-31,33-34,36-47,49-50,52-53H2,1-10H3,(H2,90,94)(H,91,103)(H2,89,92,93)/b14-11+,23-13+,57-24+,61-48+/t56-,58-,59-,60-,62-,63+,67+,69+,72-,73+,74?,75-,80-,81+,88-/m1/s1. The minimum atomic E-state index is -2.46. The zero-order valence-electron chi connectivity index (χ0n) is 71.5. The topological polar surface area (TPSA) is 411 Å². The van der Waals surface area contributed by atoms with Gasteiger partial charge in [0.05, 0.1) is 81.7 Å². The Morgan fingerprint density at radius 1 is 0.773 bits per heavy atom. The van der Waals surface area contributed by atoms with E-state index in [0.29, 0.717) is 189 Å². The molecule has 5 aromatic rings. The smallest absolute Gasteiger partial charge is 0.329 e. The van der Waals surface area contributed by atoms with Crippen molar-refractivity contribution in [1.82, 2.24) is 49.9 Å². The number of amides is 2. The van der Waals surface area contributed by atoms with Gasteiger partial charge in [-0.1, -0.05) is 82.7 Å². The number of nitrogens with zero attached hydrogens (tertiary/aromatic N) is 9. The number of anilines is 2. The second-order valence-corrected chi connectivity index (χ2v) is 32.9. The molecular formula is C88H130N12O19. The summed E-state index contributed by atoms with van der Waals surface area (Å²) in [7, 11) is 4.64. The van der Waals surface area contributed by atoms with Gasteiger partial charge in [0.1, 0.15) is 59.3 Å². The molecule has 4 aliphatic rings. The number of carbonyl (C=O) groups is 7. The number of aliphatic hydroxyl groups is 2. The highest BCUT2D eigenvalue weighted by Crippen LogP contribution is 2.40. The van der Waals surface area contributed by atoms with E-state index in [1.165, 1.54) is 18.3 Å². The molecule has 2 amide bonds. The van der Waals surface area contributed by atoms with Crippen molar-refractivity contribution in [2.75, 3.05) is 92.1 Å². The van der Waals surface area contributed by atoms with Gasteiger partial charge in [0.15, 0.2) is 17.0 Å². The highest BCUT2D eigenvalue weighted by Gasteiger charge is 2.53. The number of carbonyl (C=O) groups excluding carboxylic acids is 7. The maximum absolute atomic E-state index is 14.8. The van der Waals surface area contributed by atoms with Crippen LogP contribution in [0.25, 0.3) is 33.4 Å². The molecule has 9 rings (SSSR count). The lowest BCUT2D eigenvalue weighted by Crippen LogP contribution is -2.61. The maximum Gasteiger partial charge on any atom is 0.329 e. The van der Waals surface area contributed by atoms with E-state index < -0.39 is 77.8 Å². The fraction of sp³-hybridized carbons (Fsp3) is 0.670. The molecule has 0 radical (unpaired) electrons. The normalized spacial score (nSPS) is 27.5. The van der Waals surface area contributed by atoms with Crippen molar-refractivity contribution in [2.45, 2.75) is 264 Å². The van der Waals surface area contributed by atoms with Gasteiger partial charge in [-0.3, -0.25) is 28.8 Å². The lowest BCUT2D eigenvalue weighted by Gasteiger charge is -2.42. The lowest BCUT2D eigenvalue weighted by atomic mass is 9.78. The zero-order valence-corrected chi connectivity index (χ0v) is 71.5. The van der Waals surface area contributed by atoms with Gasteiger partial charge in [0, 0.05) is 109 Å². The lowest BCUT2D eigenvalue weighted by molar-refractivity contribution is -0.265. The Balaban J connectivity index is 0.642. The Morgan fingerprint density at radius 2 is 1.53 bits per heavy atom. The molecule has 1 unspecified atom stereocenters. The molecule has 656 valence electrons. The largest absolute Gasteiger partial charge is 0.460 e. The Hall–Kier alpha value is -8.37. The van der Waals surface area contributed by atoms with Crippen LogP contribution in [0.3, 0.4) is 0 Å². The van der Waals surface area contributed by atoms with Crippen LogP contribution in [-0.2, 0) is 95.7 Å². The number of aromatic nitrogens is 8. The fourth-order valence-corrected chi connectivity index (χ4v) is 16.5. The second kappa shape index (κ2) is 47.7. The molecule has 3 fully saturated rings. The number of rotatable bonds is 36. The minimum Gasteiger partial charge on any atom is -0.460 e. The number of nitrogen functional groups attached to an aromatic ring is 2. The molecule has 0 spiro atoms. The number of hydrogen-bond acceptors (Lipinski definition) is 27. The number of unbranched alkanes of at least 4 members (excludes halogenated alkanes) is 4. The molecule has 31 heteroatoms. The summed E-state index contributed by atoms with van der Waals surface area (Å²) in [4.78, 5) is 111. The Bertz CT molecular complexity index is 4230. The van der Waals surface area contributed by atoms with E-state index in [0.717, 1.165) is 68.2 Å². The van der Waals surface area contributed by atoms with E-state index >= 15 is 0 Å². The van der Waals surface area contributed by atoms with Crippen molar-refractivity contribution in [3.8, 4) is 11.3 Å². The molecule has 119 heavy (non-hydrogen) atoms. The van der Waals surface area contributed by atoms with Crippen LogP contribution in [0, 0.1) is 35.5 Å². The van der Waals surface area contributed by atoms with Crippen LogP contribution in [0.2, 0.25) is 0 Å². The Morgan fingerprint density at radius 3 is 2.29 bits per heavy atom. The molecular weight excluding hydrogens is 1530 g/mol. The number of cyclic esters (lactones) is 1. The predicted octanol–water partition coefficient (Wildman–Crippen LogP) is 10.5. The minimum absolute atomic E-state index is 0.00594. The van der Waals surface area contributed by atoms with Crippen LogP contribution in [0.1, 0.15) is 195 Å². The molecule has 7 N–H and O–H groups in total. The third-order valence-electron chi connectivity index (χ3n) is 23.6. The number of methoxy groups -OCH3 is 3. The molecule has 31 nitrogen and oxygen atoms in total. The molecule has 7 heterocycles. The van der Waals surface area contributed by atoms with Crippen molar-refractivity contribution in [1.29, 1.82) is 0 Å². The molecule has 1 aliphatic carbocycles. The SMILES string of the molecule is CO[C@H]1C[C@@H]2CC[C@@H](C)[C@@](O)(O2)C(=O)C(=O)N2CCCC[C@H]2C(=O)OC([C@H](C)C[C@@H]2CC[C@@H](OCCCCc3cn(CCOCCOCCOCCNC(=O)CCCCC(=O)CCCCCn4nc(-c5ccc6oc(N)nc6c5)c5c(N)ncnc54)nn3)[C@H](OC)C2)CC(=O)[C@H](C)/C=C(\C)[C@@H](O)[C@@H](OC)C(=O)[C@H](C)C[C@H](C)/C=C/C=C/C=C/1C. The highest BCUT2D eigenvalue weighted by molar-refractivity contribution is 6.39. The summed E-state index contributed by atoms with van der Waals surface area (Å²) in [6.45, 7) is 17.2. The van der Waals surface area contributed by atoms with E-state index in [4.69, 9.17) is 63.6 Å². The molecule has 1 saturated carbocycles. The molecule has 3 aliphatic heterocycles. The number of fused-ring (bicyclic) bond motifs is 5. The number of nitrogens with one attached hydrogen (secondary N) is 1. The van der Waals surface area contributed by atoms with Crippen molar-refractivity contribution >= 4 is 74.9 Å². The number of oxazole rings is 1. The van der Waals surface area contributed by atoms with Crippen LogP contribution in [0.15, 0.2) is 82.7 Å². The molecule has 1 aromatic carbocycles. The van der Waals surface area contributed by atoms with Gasteiger partial charge in [0.25, 0.3) is 17.7 Å². The van der Waals surface area contributed by atoms with Crippen LogP contribution in [0.5, 0.6) is 0 Å². The second-order valence-electron chi connectivity index (χ2n) is 32.9. The first kappa shape index (κ1) is 94.5. The van der Waals surface area contributed by atoms with Gasteiger partial charge in [-0.25, -0.2) is 24.1 Å². The molecule has 2 saturated heterocycles. The first-order valence-corrected chi connectivity index (χ1v) is 42.9. The molecule has 4 aromatic heterocycles. The number of allylic oxidation sites excluding steroid dienone is 6. The number of benzene rings is 1. The summed E-state index contributed by atoms with van der Waals surface area (Å²) in [6.07, 6.45) is 22.4. The van der Waals surface area contributed by atoms with E-state index in [-0.39, 0.29) is 78.6 Å². The van der Waals surface area contributed by atoms with E-state index in [1.54, 1.807) is 51.8 Å². The van der Waals surface area contributed by atoms with Gasteiger partial charge in [-0.05, 0) is 170 Å². The number of esters is 1. The number of piperidine rings is 1. The van der Waals surface area contributed by atoms with E-state index in [9.17, 15) is 43.8 Å².